The van der Waals surface area contributed by atoms with Crippen molar-refractivity contribution in [1.82, 2.24) is 4.98 Å². The van der Waals surface area contributed by atoms with E-state index in [1.54, 1.807) is 36.4 Å². The number of ketones is 1. The Bertz CT molecular complexity index is 818. The molecule has 144 valence electrons. The zero-order chi connectivity index (χ0) is 19.1. The Morgan fingerprint density at radius 1 is 1.26 bits per heavy atom. The lowest BCUT2D eigenvalue weighted by Gasteiger charge is -2.14. The second kappa shape index (κ2) is 10.8. The van der Waals surface area contributed by atoms with E-state index in [9.17, 15) is 14.4 Å². The number of halogens is 2. The molecule has 9 heteroatoms. The molecule has 1 atom stereocenters. The third kappa shape index (κ3) is 6.42. The van der Waals surface area contributed by atoms with Crippen LogP contribution < -0.4 is 23.5 Å². The van der Waals surface area contributed by atoms with Gasteiger partial charge in [0, 0.05) is 22.7 Å². The minimum atomic E-state index is -0.907. The number of methoxy groups -OCH3 is 1. The molecule has 0 saturated carbocycles. The number of aromatic nitrogens is 1. The van der Waals surface area contributed by atoms with Gasteiger partial charge in [0.2, 0.25) is 11.7 Å². The van der Waals surface area contributed by atoms with Crippen molar-refractivity contribution in [1.29, 1.82) is 0 Å². The van der Waals surface area contributed by atoms with Crippen molar-refractivity contribution in [2.45, 2.75) is 18.9 Å². The van der Waals surface area contributed by atoms with Gasteiger partial charge in [-0.25, -0.2) is 0 Å². The molecule has 2 rings (SSSR count). The number of esters is 1. The first-order chi connectivity index (χ1) is 12.4. The second-order valence-electron chi connectivity index (χ2n) is 5.44. The van der Waals surface area contributed by atoms with Gasteiger partial charge in [0.15, 0.2) is 0 Å². The van der Waals surface area contributed by atoms with Crippen molar-refractivity contribution in [3.63, 3.8) is 0 Å². The van der Waals surface area contributed by atoms with Gasteiger partial charge in [0.25, 0.3) is 0 Å². The summed E-state index contributed by atoms with van der Waals surface area (Å²) in [6.45, 7) is 0. The number of anilines is 1. The van der Waals surface area contributed by atoms with Crippen LogP contribution in [0.5, 0.6) is 0 Å². The highest BCUT2D eigenvalue weighted by atomic mass is 79.9. The Morgan fingerprint density at radius 2 is 2.00 bits per heavy atom. The summed E-state index contributed by atoms with van der Waals surface area (Å²) in [4.78, 5) is 40.2. The molecular weight excluding hydrogens is 438 g/mol. The number of nitrogens with zero attached hydrogens (tertiary/aromatic N) is 1. The third-order valence-corrected chi connectivity index (χ3v) is 4.10. The fourth-order valence-corrected chi connectivity index (χ4v) is 2.54. The Balaban J connectivity index is 0.00000364. The number of pyridine rings is 1. The highest BCUT2D eigenvalue weighted by molar-refractivity contribution is 9.10. The number of hydrogen-bond acceptors (Lipinski definition) is 6. The average molecular weight is 456 g/mol. The van der Waals surface area contributed by atoms with Gasteiger partial charge in [-0.3, -0.25) is 19.4 Å². The van der Waals surface area contributed by atoms with Gasteiger partial charge in [-0.15, -0.1) is 0 Å². The quantitative estimate of drug-likeness (QED) is 0.422. The van der Waals surface area contributed by atoms with E-state index in [4.69, 9.17) is 5.73 Å². The molecule has 0 saturated heterocycles. The molecule has 2 aromatic rings. The predicted octanol–water partition coefficient (Wildman–Crippen LogP) is -0.702. The summed E-state index contributed by atoms with van der Waals surface area (Å²) < 4.78 is 5.21. The van der Waals surface area contributed by atoms with Crippen LogP contribution in [0.2, 0.25) is 0 Å². The minimum absolute atomic E-state index is 0. The summed E-state index contributed by atoms with van der Waals surface area (Å²) >= 11 is 3.32. The Labute approximate surface area is 171 Å². The van der Waals surface area contributed by atoms with Crippen molar-refractivity contribution in [3.05, 3.63) is 58.3 Å². The standard InChI is InChI=1S/C18H18BrN3O4.ClH/c1-26-16(23)8-6-13(20)18(25)22-14-7-5-11(19)10-12(14)17(24)15-4-2-3-9-21-15;/h2-5,7,9-10,13H,6,8,20H2,1H3,(H,22,25);1H/p-1/t13-;/m0./s1. The van der Waals surface area contributed by atoms with Crippen LogP contribution >= 0.6 is 15.9 Å². The molecule has 1 heterocycles. The largest absolute Gasteiger partial charge is 1.00 e. The highest BCUT2D eigenvalue weighted by Crippen LogP contribution is 2.23. The molecular formula is C18H18BrClN3O4-. The van der Waals surface area contributed by atoms with Crippen LogP contribution in [0.3, 0.4) is 0 Å². The van der Waals surface area contributed by atoms with Crippen molar-refractivity contribution in [2.75, 3.05) is 12.4 Å². The summed E-state index contributed by atoms with van der Waals surface area (Å²) in [5.41, 5.74) is 6.67. The molecule has 0 unspecified atom stereocenters. The number of hydrogen-bond donors (Lipinski definition) is 2. The molecule has 27 heavy (non-hydrogen) atoms. The van der Waals surface area contributed by atoms with Crippen LogP contribution in [0.4, 0.5) is 5.69 Å². The number of carbonyl (C=O) groups is 3. The maximum atomic E-state index is 12.7. The lowest BCUT2D eigenvalue weighted by atomic mass is 10.0. The average Bonchev–Trinajstić information content (AvgIpc) is 2.67. The first-order valence-electron chi connectivity index (χ1n) is 7.81. The van der Waals surface area contributed by atoms with Gasteiger partial charge in [0.05, 0.1) is 18.8 Å². The molecule has 7 nitrogen and oxygen atoms in total. The van der Waals surface area contributed by atoms with E-state index in [2.05, 4.69) is 31.0 Å². The maximum absolute atomic E-state index is 12.7. The molecule has 1 amide bonds. The molecule has 0 aliphatic rings. The topological polar surface area (TPSA) is 111 Å². The highest BCUT2D eigenvalue weighted by Gasteiger charge is 2.20. The third-order valence-electron chi connectivity index (χ3n) is 3.61. The lowest BCUT2D eigenvalue weighted by molar-refractivity contribution is -0.140. The molecule has 0 aliphatic heterocycles. The number of carbonyl (C=O) groups excluding carboxylic acids is 3. The van der Waals surface area contributed by atoms with Crippen LogP contribution in [0.25, 0.3) is 0 Å². The van der Waals surface area contributed by atoms with E-state index in [1.807, 2.05) is 0 Å². The maximum Gasteiger partial charge on any atom is 0.305 e. The Kier molecular flexibility index (Phi) is 9.07. The van der Waals surface area contributed by atoms with Crippen LogP contribution in [-0.4, -0.2) is 35.8 Å². The number of ether oxygens (including phenoxy) is 1. The zero-order valence-electron chi connectivity index (χ0n) is 14.4. The number of amides is 1. The minimum Gasteiger partial charge on any atom is -1.00 e. The first kappa shape index (κ1) is 22.8. The summed E-state index contributed by atoms with van der Waals surface area (Å²) in [5, 5.41) is 2.64. The molecule has 1 aromatic carbocycles. The SMILES string of the molecule is COC(=O)CC[C@H](N)C(=O)Nc1ccc(Br)cc1C(=O)c1ccccn1.[Cl-]. The molecule has 0 aliphatic carbocycles. The van der Waals surface area contributed by atoms with E-state index in [0.717, 1.165) is 0 Å². The summed E-state index contributed by atoms with van der Waals surface area (Å²) in [5.74, 6) is -1.26. The van der Waals surface area contributed by atoms with Gasteiger partial charge in [-0.2, -0.15) is 0 Å². The molecule has 0 fully saturated rings. The normalized spacial score (nSPS) is 11.1. The van der Waals surface area contributed by atoms with Crippen molar-refractivity contribution < 1.29 is 31.5 Å². The number of benzene rings is 1. The van der Waals surface area contributed by atoms with Crippen molar-refractivity contribution >= 4 is 39.3 Å². The van der Waals surface area contributed by atoms with E-state index in [0.29, 0.717) is 10.2 Å². The van der Waals surface area contributed by atoms with Gasteiger partial charge in [-0.1, -0.05) is 22.0 Å². The van der Waals surface area contributed by atoms with Crippen LogP contribution in [0, 0.1) is 0 Å². The fraction of sp³-hybridized carbons (Fsp3) is 0.222. The van der Waals surface area contributed by atoms with E-state index in [1.165, 1.54) is 13.3 Å². The van der Waals surface area contributed by atoms with E-state index in [-0.39, 0.29) is 42.3 Å². The van der Waals surface area contributed by atoms with Gasteiger partial charge < -0.3 is 28.2 Å². The zero-order valence-corrected chi connectivity index (χ0v) is 16.8. The van der Waals surface area contributed by atoms with Crippen LogP contribution in [-0.2, 0) is 14.3 Å². The molecule has 0 bridgehead atoms. The van der Waals surface area contributed by atoms with Gasteiger partial charge in [0.1, 0.15) is 5.69 Å². The molecule has 3 N–H and O–H groups in total. The lowest BCUT2D eigenvalue weighted by Crippen LogP contribution is -3.00. The van der Waals surface area contributed by atoms with Gasteiger partial charge in [-0.05, 0) is 36.8 Å². The van der Waals surface area contributed by atoms with Crippen LogP contribution in [0.15, 0.2) is 47.1 Å². The van der Waals surface area contributed by atoms with Crippen LogP contribution in [0.1, 0.15) is 28.9 Å². The number of rotatable bonds is 7. The van der Waals surface area contributed by atoms with E-state index >= 15 is 0 Å². The summed E-state index contributed by atoms with van der Waals surface area (Å²) in [6.07, 6.45) is 1.69. The molecule has 0 spiro atoms. The Morgan fingerprint density at radius 3 is 2.63 bits per heavy atom. The number of nitrogens with two attached hydrogens (primary N) is 1. The van der Waals surface area contributed by atoms with E-state index < -0.39 is 17.9 Å². The summed E-state index contributed by atoms with van der Waals surface area (Å²) in [6, 6.07) is 9.01. The fourth-order valence-electron chi connectivity index (χ4n) is 2.18. The van der Waals surface area contributed by atoms with Crippen molar-refractivity contribution in [2.24, 2.45) is 5.73 Å². The Hall–Kier alpha value is -2.29. The first-order valence-corrected chi connectivity index (χ1v) is 8.60. The number of nitrogens with one attached hydrogen (secondary N) is 1. The predicted molar refractivity (Wildman–Crippen MR) is 99.7 cm³/mol. The smallest absolute Gasteiger partial charge is 0.305 e. The monoisotopic (exact) mass is 454 g/mol. The summed E-state index contributed by atoms with van der Waals surface area (Å²) in [7, 11) is 1.27. The van der Waals surface area contributed by atoms with Crippen molar-refractivity contribution in [3.8, 4) is 0 Å². The molecule has 0 radical (unpaired) electrons. The molecule has 1 aromatic heterocycles. The van der Waals surface area contributed by atoms with Gasteiger partial charge >= 0.3 is 5.97 Å². The second-order valence-corrected chi connectivity index (χ2v) is 6.36.